The van der Waals surface area contributed by atoms with Gasteiger partial charge in [0.05, 0.1) is 5.69 Å². The lowest BCUT2D eigenvalue weighted by molar-refractivity contribution is -0.111. The van der Waals surface area contributed by atoms with Crippen molar-refractivity contribution in [3.8, 4) is 0 Å². The van der Waals surface area contributed by atoms with Crippen molar-refractivity contribution in [1.82, 2.24) is 0 Å². The molecule has 106 valence electrons. The molecule has 0 unspecified atom stereocenters. The molecule has 2 rings (SSSR count). The molecule has 2 aromatic carbocycles. The van der Waals surface area contributed by atoms with Crippen LogP contribution in [0.3, 0.4) is 0 Å². The highest BCUT2D eigenvalue weighted by atomic mass is 19.2. The number of anilines is 1. The lowest BCUT2D eigenvalue weighted by atomic mass is 10.2. The second-order valence-electron chi connectivity index (χ2n) is 4.20. The van der Waals surface area contributed by atoms with E-state index in [9.17, 15) is 18.4 Å². The number of benzene rings is 2. The Bertz CT molecular complexity index is 711. The van der Waals surface area contributed by atoms with Crippen LogP contribution in [0.1, 0.15) is 15.9 Å². The van der Waals surface area contributed by atoms with Gasteiger partial charge in [-0.1, -0.05) is 18.2 Å². The Hall–Kier alpha value is -2.82. The molecule has 0 bridgehead atoms. The molecule has 1 amide bonds. The Morgan fingerprint density at radius 3 is 2.52 bits per heavy atom. The van der Waals surface area contributed by atoms with Crippen LogP contribution in [0.25, 0.3) is 6.08 Å². The van der Waals surface area contributed by atoms with Gasteiger partial charge in [-0.15, -0.1) is 0 Å². The molecule has 2 aromatic rings. The first-order valence-electron chi connectivity index (χ1n) is 6.08. The summed E-state index contributed by atoms with van der Waals surface area (Å²) in [5.74, 6) is -2.41. The summed E-state index contributed by atoms with van der Waals surface area (Å²) in [5.41, 5.74) is 1.09. The van der Waals surface area contributed by atoms with Crippen LogP contribution in [0.2, 0.25) is 0 Å². The van der Waals surface area contributed by atoms with E-state index in [4.69, 9.17) is 0 Å². The topological polar surface area (TPSA) is 46.2 Å². The van der Waals surface area contributed by atoms with E-state index in [1.54, 1.807) is 24.3 Å². The fourth-order valence-electron chi connectivity index (χ4n) is 1.68. The zero-order chi connectivity index (χ0) is 15.2. The smallest absolute Gasteiger partial charge is 0.248 e. The second-order valence-corrected chi connectivity index (χ2v) is 4.20. The first kappa shape index (κ1) is 14.6. The number of nitrogens with one attached hydrogen (secondary N) is 1. The largest absolute Gasteiger partial charge is 0.322 e. The summed E-state index contributed by atoms with van der Waals surface area (Å²) in [7, 11) is 0. The van der Waals surface area contributed by atoms with Crippen molar-refractivity contribution in [1.29, 1.82) is 0 Å². The minimum Gasteiger partial charge on any atom is -0.322 e. The van der Waals surface area contributed by atoms with Gasteiger partial charge in [-0.3, -0.25) is 9.59 Å². The van der Waals surface area contributed by atoms with Gasteiger partial charge in [0.2, 0.25) is 5.91 Å². The molecular formula is C16H11F2NO2. The minimum atomic E-state index is -0.983. The van der Waals surface area contributed by atoms with E-state index in [-0.39, 0.29) is 0 Å². The molecule has 0 atom stereocenters. The third-order valence-electron chi connectivity index (χ3n) is 2.72. The van der Waals surface area contributed by atoms with Crippen LogP contribution in [0.5, 0.6) is 0 Å². The first-order chi connectivity index (χ1) is 10.1. The summed E-state index contributed by atoms with van der Waals surface area (Å²) in [5, 5.41) is 2.53. The number of carbonyl (C=O) groups excluding carboxylic acids is 2. The summed E-state index contributed by atoms with van der Waals surface area (Å²) < 4.78 is 25.8. The van der Waals surface area contributed by atoms with E-state index < -0.39 is 17.5 Å². The maximum absolute atomic E-state index is 13.0. The lowest BCUT2D eigenvalue weighted by Gasteiger charge is -2.04. The minimum absolute atomic E-state index is 0.354. The average molecular weight is 287 g/mol. The summed E-state index contributed by atoms with van der Waals surface area (Å²) in [6.07, 6.45) is 3.16. The molecule has 0 spiro atoms. The molecule has 0 saturated carbocycles. The molecule has 3 nitrogen and oxygen atoms in total. The number of para-hydroxylation sites is 1. The predicted molar refractivity (Wildman–Crippen MR) is 75.9 cm³/mol. The Kier molecular flexibility index (Phi) is 4.56. The highest BCUT2D eigenvalue weighted by Crippen LogP contribution is 2.13. The van der Waals surface area contributed by atoms with E-state index >= 15 is 0 Å². The maximum atomic E-state index is 13.0. The highest BCUT2D eigenvalue weighted by molar-refractivity contribution is 6.04. The third kappa shape index (κ3) is 3.82. The zero-order valence-corrected chi connectivity index (χ0v) is 10.8. The second kappa shape index (κ2) is 6.56. The van der Waals surface area contributed by atoms with Crippen molar-refractivity contribution in [2.45, 2.75) is 0 Å². The van der Waals surface area contributed by atoms with Crippen LogP contribution < -0.4 is 5.32 Å². The molecule has 0 fully saturated rings. The number of carbonyl (C=O) groups is 2. The summed E-state index contributed by atoms with van der Waals surface area (Å²) in [6, 6.07) is 9.83. The van der Waals surface area contributed by atoms with Gasteiger partial charge in [-0.05, 0) is 35.9 Å². The van der Waals surface area contributed by atoms with Crippen molar-refractivity contribution in [3.05, 3.63) is 71.3 Å². The summed E-state index contributed by atoms with van der Waals surface area (Å²) in [4.78, 5) is 22.5. The van der Waals surface area contributed by atoms with E-state index in [2.05, 4.69) is 5.32 Å². The van der Waals surface area contributed by atoms with Crippen LogP contribution in [0, 0.1) is 11.6 Å². The molecule has 0 aliphatic heterocycles. The Balaban J connectivity index is 2.09. The standard InChI is InChI=1S/C16H11F2NO2/c17-13-7-5-11(9-14(13)18)6-8-16(21)19-15-4-2-1-3-12(15)10-20/h1-10H,(H,19,21)/b8-6+. The maximum Gasteiger partial charge on any atom is 0.248 e. The van der Waals surface area contributed by atoms with E-state index in [1.807, 2.05) is 0 Å². The third-order valence-corrected chi connectivity index (χ3v) is 2.72. The van der Waals surface area contributed by atoms with Crippen molar-refractivity contribution < 1.29 is 18.4 Å². The van der Waals surface area contributed by atoms with E-state index in [1.165, 1.54) is 18.2 Å². The van der Waals surface area contributed by atoms with Crippen LogP contribution in [0.4, 0.5) is 14.5 Å². The number of aldehydes is 1. The number of rotatable bonds is 4. The zero-order valence-electron chi connectivity index (χ0n) is 10.8. The fourth-order valence-corrected chi connectivity index (χ4v) is 1.68. The van der Waals surface area contributed by atoms with Gasteiger partial charge in [0.1, 0.15) is 0 Å². The van der Waals surface area contributed by atoms with Gasteiger partial charge in [0.15, 0.2) is 17.9 Å². The van der Waals surface area contributed by atoms with E-state index in [0.717, 1.165) is 12.1 Å². The van der Waals surface area contributed by atoms with Crippen molar-refractivity contribution in [3.63, 3.8) is 0 Å². The Morgan fingerprint density at radius 2 is 1.81 bits per heavy atom. The van der Waals surface area contributed by atoms with Crippen molar-refractivity contribution in [2.24, 2.45) is 0 Å². The van der Waals surface area contributed by atoms with Crippen LogP contribution in [-0.2, 0) is 4.79 Å². The van der Waals surface area contributed by atoms with Crippen LogP contribution >= 0.6 is 0 Å². The molecule has 1 N–H and O–H groups in total. The van der Waals surface area contributed by atoms with Gasteiger partial charge < -0.3 is 5.32 Å². The van der Waals surface area contributed by atoms with E-state index in [0.29, 0.717) is 23.1 Å². The number of amides is 1. The molecule has 0 radical (unpaired) electrons. The monoisotopic (exact) mass is 287 g/mol. The molecule has 0 aliphatic carbocycles. The van der Waals surface area contributed by atoms with Crippen LogP contribution in [0.15, 0.2) is 48.5 Å². The number of hydrogen-bond donors (Lipinski definition) is 1. The average Bonchev–Trinajstić information content (AvgIpc) is 2.49. The first-order valence-corrected chi connectivity index (χ1v) is 6.08. The van der Waals surface area contributed by atoms with Gasteiger partial charge in [-0.25, -0.2) is 8.78 Å². The molecule has 5 heteroatoms. The molecule has 21 heavy (non-hydrogen) atoms. The van der Waals surface area contributed by atoms with Gasteiger partial charge in [0.25, 0.3) is 0 Å². The summed E-state index contributed by atoms with van der Waals surface area (Å²) in [6.45, 7) is 0. The predicted octanol–water partition coefficient (Wildman–Crippen LogP) is 3.43. The number of hydrogen-bond acceptors (Lipinski definition) is 2. The molecule has 0 aromatic heterocycles. The normalized spacial score (nSPS) is 10.6. The fraction of sp³-hybridized carbons (Fsp3) is 0. The molecule has 0 saturated heterocycles. The van der Waals surface area contributed by atoms with Gasteiger partial charge >= 0.3 is 0 Å². The Labute approximate surface area is 119 Å². The van der Waals surface area contributed by atoms with Crippen LogP contribution in [-0.4, -0.2) is 12.2 Å². The molecule has 0 heterocycles. The SMILES string of the molecule is O=Cc1ccccc1NC(=O)/C=C/c1ccc(F)c(F)c1. The highest BCUT2D eigenvalue weighted by Gasteiger charge is 2.04. The lowest BCUT2D eigenvalue weighted by Crippen LogP contribution is -2.09. The van der Waals surface area contributed by atoms with Crippen molar-refractivity contribution >= 4 is 24.0 Å². The molecule has 0 aliphatic rings. The quantitative estimate of drug-likeness (QED) is 0.691. The van der Waals surface area contributed by atoms with Gasteiger partial charge in [-0.2, -0.15) is 0 Å². The molecular weight excluding hydrogens is 276 g/mol. The number of halogens is 2. The van der Waals surface area contributed by atoms with Gasteiger partial charge in [0, 0.05) is 11.6 Å². The van der Waals surface area contributed by atoms with Crippen molar-refractivity contribution in [2.75, 3.05) is 5.32 Å². The summed E-state index contributed by atoms with van der Waals surface area (Å²) >= 11 is 0. The Morgan fingerprint density at radius 1 is 1.05 bits per heavy atom.